The first-order valence-electron chi connectivity index (χ1n) is 8.34. The van der Waals surface area contributed by atoms with E-state index in [9.17, 15) is 4.79 Å². The Bertz CT molecular complexity index is 692. The van der Waals surface area contributed by atoms with E-state index in [0.717, 1.165) is 12.8 Å². The van der Waals surface area contributed by atoms with E-state index in [0.29, 0.717) is 5.82 Å². The van der Waals surface area contributed by atoms with Gasteiger partial charge in [0.05, 0.1) is 12.2 Å². The molecule has 1 aromatic heterocycles. The van der Waals surface area contributed by atoms with Gasteiger partial charge in [0.15, 0.2) is 0 Å². The fourth-order valence-corrected chi connectivity index (χ4v) is 3.20. The van der Waals surface area contributed by atoms with Crippen LogP contribution in [0.2, 0.25) is 0 Å². The predicted octanol–water partition coefficient (Wildman–Crippen LogP) is 3.57. The van der Waals surface area contributed by atoms with Gasteiger partial charge in [0.2, 0.25) is 0 Å². The van der Waals surface area contributed by atoms with Gasteiger partial charge in [-0.05, 0) is 48.8 Å². The van der Waals surface area contributed by atoms with Gasteiger partial charge in [-0.2, -0.15) is 5.10 Å². The Kier molecular flexibility index (Phi) is 4.65. The third kappa shape index (κ3) is 3.55. The van der Waals surface area contributed by atoms with Gasteiger partial charge < -0.3 is 5.32 Å². The van der Waals surface area contributed by atoms with Gasteiger partial charge in [0.25, 0.3) is 0 Å². The molecule has 5 nitrogen and oxygen atoms in total. The first-order chi connectivity index (χ1) is 11.2. The minimum Gasteiger partial charge on any atom is -0.331 e. The van der Waals surface area contributed by atoms with Crippen molar-refractivity contribution >= 4 is 11.8 Å². The van der Waals surface area contributed by atoms with Crippen LogP contribution in [-0.2, 0) is 19.9 Å². The molecular weight excluding hydrogens is 288 g/mol. The van der Waals surface area contributed by atoms with Crippen molar-refractivity contribution in [1.82, 2.24) is 15.1 Å². The van der Waals surface area contributed by atoms with E-state index in [1.54, 1.807) is 24.0 Å². The molecule has 1 unspecified atom stereocenters. The van der Waals surface area contributed by atoms with E-state index in [2.05, 4.69) is 40.9 Å². The van der Waals surface area contributed by atoms with E-state index in [-0.39, 0.29) is 12.1 Å². The lowest BCUT2D eigenvalue weighted by Gasteiger charge is -2.22. The molecule has 1 aromatic carbocycles. The molecule has 1 aliphatic carbocycles. The fourth-order valence-electron chi connectivity index (χ4n) is 3.20. The third-order valence-corrected chi connectivity index (χ3v) is 4.55. The predicted molar refractivity (Wildman–Crippen MR) is 91.5 cm³/mol. The molecule has 1 heterocycles. The number of nitrogens with one attached hydrogen (secondary N) is 2. The Morgan fingerprint density at radius 2 is 2.04 bits per heavy atom. The Morgan fingerprint density at radius 3 is 2.74 bits per heavy atom. The average molecular weight is 312 g/mol. The number of amides is 2. The Hall–Kier alpha value is -2.30. The zero-order valence-corrected chi connectivity index (χ0v) is 13.8. The number of benzene rings is 1. The lowest BCUT2D eigenvalue weighted by molar-refractivity contribution is 0.248. The molecule has 5 heteroatoms. The van der Waals surface area contributed by atoms with Crippen LogP contribution in [0, 0.1) is 0 Å². The second-order valence-electron chi connectivity index (χ2n) is 6.13. The van der Waals surface area contributed by atoms with Crippen molar-refractivity contribution in [3.05, 3.63) is 47.2 Å². The summed E-state index contributed by atoms with van der Waals surface area (Å²) >= 11 is 0. The van der Waals surface area contributed by atoms with Crippen molar-refractivity contribution < 1.29 is 4.79 Å². The number of carbonyl (C=O) groups is 1. The average Bonchev–Trinajstić information content (AvgIpc) is 2.97. The van der Waals surface area contributed by atoms with Crippen molar-refractivity contribution in [1.29, 1.82) is 0 Å². The highest BCUT2D eigenvalue weighted by Crippen LogP contribution is 2.26. The van der Waals surface area contributed by atoms with Crippen LogP contribution in [0.15, 0.2) is 30.5 Å². The number of nitrogens with zero attached hydrogens (tertiary/aromatic N) is 2. The molecule has 2 aromatic rings. The fraction of sp³-hybridized carbons (Fsp3) is 0.444. The summed E-state index contributed by atoms with van der Waals surface area (Å²) in [5.74, 6) is 0.683. The number of hydrogen-bond acceptors (Lipinski definition) is 2. The second kappa shape index (κ2) is 6.86. The van der Waals surface area contributed by atoms with E-state index in [1.165, 1.54) is 36.0 Å². The van der Waals surface area contributed by atoms with Crippen LogP contribution >= 0.6 is 0 Å². The zero-order valence-electron chi connectivity index (χ0n) is 13.8. The van der Waals surface area contributed by atoms with Crippen molar-refractivity contribution in [2.75, 3.05) is 5.32 Å². The first kappa shape index (κ1) is 15.6. The van der Waals surface area contributed by atoms with Gasteiger partial charge in [-0.15, -0.1) is 0 Å². The van der Waals surface area contributed by atoms with Crippen molar-refractivity contribution in [3.63, 3.8) is 0 Å². The quantitative estimate of drug-likeness (QED) is 0.906. The van der Waals surface area contributed by atoms with Crippen LogP contribution in [0.3, 0.4) is 0 Å². The number of hydrogen-bond donors (Lipinski definition) is 2. The maximum atomic E-state index is 12.2. The normalized spacial score (nSPS) is 14.9. The van der Waals surface area contributed by atoms with Crippen LogP contribution in [0.5, 0.6) is 0 Å². The summed E-state index contributed by atoms with van der Waals surface area (Å²) < 4.78 is 1.64. The van der Waals surface area contributed by atoms with E-state index < -0.39 is 0 Å². The summed E-state index contributed by atoms with van der Waals surface area (Å²) in [4.78, 5) is 12.2. The molecule has 0 radical (unpaired) electrons. The van der Waals surface area contributed by atoms with Crippen molar-refractivity contribution in [2.24, 2.45) is 7.05 Å². The maximum absolute atomic E-state index is 12.2. The molecule has 2 amide bonds. The number of aromatic nitrogens is 2. The molecule has 23 heavy (non-hydrogen) atoms. The molecule has 1 atom stereocenters. The molecule has 0 fully saturated rings. The first-order valence-corrected chi connectivity index (χ1v) is 8.34. The number of rotatable bonds is 4. The SMILES string of the molecule is CCC(NC(=O)Nc1ccnn1C)c1ccc2c(c1)CCCC2. The van der Waals surface area contributed by atoms with E-state index in [4.69, 9.17) is 0 Å². The largest absolute Gasteiger partial charge is 0.331 e. The molecular formula is C18H24N4O. The topological polar surface area (TPSA) is 59.0 Å². The van der Waals surface area contributed by atoms with Crippen LogP contribution in [0.1, 0.15) is 48.9 Å². The summed E-state index contributed by atoms with van der Waals surface area (Å²) in [6, 6.07) is 8.26. The molecule has 0 aliphatic heterocycles. The minimum absolute atomic E-state index is 0.0236. The van der Waals surface area contributed by atoms with Gasteiger partial charge in [0, 0.05) is 13.1 Å². The summed E-state index contributed by atoms with van der Waals surface area (Å²) in [7, 11) is 1.80. The smallest absolute Gasteiger partial charge is 0.320 e. The molecule has 0 spiro atoms. The lowest BCUT2D eigenvalue weighted by Crippen LogP contribution is -2.33. The maximum Gasteiger partial charge on any atom is 0.320 e. The molecule has 122 valence electrons. The summed E-state index contributed by atoms with van der Waals surface area (Å²) in [6.07, 6.45) is 7.41. The monoisotopic (exact) mass is 312 g/mol. The lowest BCUT2D eigenvalue weighted by atomic mass is 9.89. The van der Waals surface area contributed by atoms with Gasteiger partial charge >= 0.3 is 6.03 Å². The molecule has 1 aliphatic rings. The highest BCUT2D eigenvalue weighted by Gasteiger charge is 2.16. The molecule has 3 rings (SSSR count). The number of carbonyl (C=O) groups excluding carboxylic acids is 1. The van der Waals surface area contributed by atoms with Gasteiger partial charge in [-0.3, -0.25) is 10.00 Å². The summed E-state index contributed by atoms with van der Waals surface area (Å²) in [6.45, 7) is 2.09. The number of urea groups is 1. The number of fused-ring (bicyclic) bond motifs is 1. The second-order valence-corrected chi connectivity index (χ2v) is 6.13. The minimum atomic E-state index is -0.196. The van der Waals surface area contributed by atoms with Crippen molar-refractivity contribution in [2.45, 2.75) is 45.1 Å². The highest BCUT2D eigenvalue weighted by molar-refractivity contribution is 5.88. The van der Waals surface area contributed by atoms with E-state index in [1.807, 2.05) is 0 Å². The highest BCUT2D eigenvalue weighted by atomic mass is 16.2. The Balaban J connectivity index is 1.70. The van der Waals surface area contributed by atoms with Crippen LogP contribution < -0.4 is 10.6 Å². The summed E-state index contributed by atoms with van der Waals surface area (Å²) in [5.41, 5.74) is 4.10. The van der Waals surface area contributed by atoms with Gasteiger partial charge in [-0.25, -0.2) is 4.79 Å². The molecule has 0 bridgehead atoms. The Labute approximate surface area is 137 Å². The summed E-state index contributed by atoms with van der Waals surface area (Å²) in [5, 5.41) is 9.95. The third-order valence-electron chi connectivity index (χ3n) is 4.55. The van der Waals surface area contributed by atoms with Crippen LogP contribution in [-0.4, -0.2) is 15.8 Å². The number of anilines is 1. The van der Waals surface area contributed by atoms with E-state index >= 15 is 0 Å². The van der Waals surface area contributed by atoms with Crippen LogP contribution in [0.25, 0.3) is 0 Å². The standard InChI is InChI=1S/C18H24N4O/c1-3-16(20-18(23)21-17-10-11-19-22(17)2)15-9-8-13-6-4-5-7-14(13)12-15/h8-12,16H,3-7H2,1-2H3,(H2,20,21,23). The number of aryl methyl sites for hydroxylation is 3. The molecule has 0 saturated carbocycles. The Morgan fingerprint density at radius 1 is 1.26 bits per heavy atom. The van der Waals surface area contributed by atoms with Gasteiger partial charge in [0.1, 0.15) is 5.82 Å². The van der Waals surface area contributed by atoms with Crippen molar-refractivity contribution in [3.8, 4) is 0 Å². The van der Waals surface area contributed by atoms with Crippen LogP contribution in [0.4, 0.5) is 10.6 Å². The molecule has 2 N–H and O–H groups in total. The molecule has 0 saturated heterocycles. The van der Waals surface area contributed by atoms with Gasteiger partial charge in [-0.1, -0.05) is 25.1 Å². The zero-order chi connectivity index (χ0) is 16.2.